The minimum Gasteiger partial charge on any atom is -0.348 e. The number of hydrogen-bond acceptors (Lipinski definition) is 2. The zero-order chi connectivity index (χ0) is 12.3. The molecule has 1 aromatic rings. The van der Waals surface area contributed by atoms with Crippen molar-refractivity contribution in [2.24, 2.45) is 0 Å². The van der Waals surface area contributed by atoms with Crippen molar-refractivity contribution in [3.8, 4) is 0 Å². The molecule has 0 unspecified atom stereocenters. The number of nitrogens with one attached hydrogen (secondary N) is 2. The molecular weight excluding hydrogens is 339 g/mol. The quantitative estimate of drug-likeness (QED) is 0.858. The lowest BCUT2D eigenvalue weighted by atomic mass is 10.1. The number of carbonyl (C=O) groups excluding carboxylic acids is 1. The Labute approximate surface area is 126 Å². The second kappa shape index (κ2) is 7.34. The van der Waals surface area contributed by atoms with E-state index >= 15 is 0 Å². The molecule has 2 N–H and O–H groups in total. The minimum atomic E-state index is -0.0619. The smallest absolute Gasteiger partial charge is 0.251 e. The Bertz CT molecular complexity index is 423. The molecule has 2 rings (SSSR count). The molecule has 3 nitrogen and oxygen atoms in total. The highest BCUT2D eigenvalue weighted by Crippen LogP contribution is 2.23. The fourth-order valence-corrected chi connectivity index (χ4v) is 2.31. The summed E-state index contributed by atoms with van der Waals surface area (Å²) in [6, 6.07) is 5.45. The summed E-state index contributed by atoms with van der Waals surface area (Å²) in [6.45, 7) is 1.88. The van der Waals surface area contributed by atoms with Crippen molar-refractivity contribution in [1.82, 2.24) is 10.6 Å². The van der Waals surface area contributed by atoms with Crippen molar-refractivity contribution >= 4 is 45.8 Å². The van der Waals surface area contributed by atoms with Gasteiger partial charge in [-0.1, -0.05) is 11.6 Å². The summed E-state index contributed by atoms with van der Waals surface area (Å²) in [5.74, 6) is -0.0619. The standard InChI is InChI=1S/C12H14BrClN2O.ClH/c13-10-4-3-8(6-11(10)14)12(17)16-9-2-1-5-15-7-9;/h3-4,6,9,15H,1-2,5,7H2,(H,16,17);1H/t9-;/m0./s1. The fraction of sp³-hybridized carbons (Fsp3) is 0.417. The van der Waals surface area contributed by atoms with Crippen LogP contribution in [0, 0.1) is 0 Å². The van der Waals surface area contributed by atoms with E-state index in [1.807, 2.05) is 0 Å². The number of amides is 1. The normalized spacial score (nSPS) is 18.9. The Morgan fingerprint density at radius 1 is 1.50 bits per heavy atom. The van der Waals surface area contributed by atoms with E-state index in [1.165, 1.54) is 0 Å². The molecule has 1 atom stereocenters. The Kier molecular flexibility index (Phi) is 6.43. The number of benzene rings is 1. The van der Waals surface area contributed by atoms with Crippen molar-refractivity contribution in [2.45, 2.75) is 18.9 Å². The summed E-state index contributed by atoms with van der Waals surface area (Å²) in [5.41, 5.74) is 0.601. The third kappa shape index (κ3) is 4.12. The van der Waals surface area contributed by atoms with Gasteiger partial charge in [0.05, 0.1) is 5.02 Å². The molecule has 0 spiro atoms. The lowest BCUT2D eigenvalue weighted by molar-refractivity contribution is 0.0930. The minimum absolute atomic E-state index is 0. The summed E-state index contributed by atoms with van der Waals surface area (Å²) in [6.07, 6.45) is 2.13. The summed E-state index contributed by atoms with van der Waals surface area (Å²) < 4.78 is 0.801. The molecule has 0 saturated carbocycles. The number of rotatable bonds is 2. The van der Waals surface area contributed by atoms with Crippen LogP contribution in [0.4, 0.5) is 0 Å². The molecule has 1 amide bonds. The first-order valence-corrected chi connectivity index (χ1v) is 6.80. The molecule has 0 bridgehead atoms. The molecule has 18 heavy (non-hydrogen) atoms. The van der Waals surface area contributed by atoms with Gasteiger partial charge in [0.1, 0.15) is 0 Å². The van der Waals surface area contributed by atoms with E-state index in [4.69, 9.17) is 11.6 Å². The summed E-state index contributed by atoms with van der Waals surface area (Å²) in [7, 11) is 0. The molecule has 100 valence electrons. The Balaban J connectivity index is 0.00000162. The molecule has 0 radical (unpaired) electrons. The highest BCUT2D eigenvalue weighted by Gasteiger charge is 2.16. The topological polar surface area (TPSA) is 41.1 Å². The van der Waals surface area contributed by atoms with Gasteiger partial charge in [-0.3, -0.25) is 4.79 Å². The van der Waals surface area contributed by atoms with Gasteiger partial charge in [0, 0.05) is 22.6 Å². The van der Waals surface area contributed by atoms with E-state index in [1.54, 1.807) is 18.2 Å². The van der Waals surface area contributed by atoms with Crippen molar-refractivity contribution in [2.75, 3.05) is 13.1 Å². The van der Waals surface area contributed by atoms with Gasteiger partial charge in [0.15, 0.2) is 0 Å². The van der Waals surface area contributed by atoms with Gasteiger partial charge in [-0.05, 0) is 53.5 Å². The average molecular weight is 354 g/mol. The van der Waals surface area contributed by atoms with Crippen LogP contribution < -0.4 is 10.6 Å². The highest BCUT2D eigenvalue weighted by molar-refractivity contribution is 9.10. The molecular formula is C12H15BrCl2N2O. The Morgan fingerprint density at radius 3 is 2.89 bits per heavy atom. The van der Waals surface area contributed by atoms with Gasteiger partial charge < -0.3 is 10.6 Å². The fourth-order valence-electron chi connectivity index (χ4n) is 1.88. The predicted octanol–water partition coefficient (Wildman–Crippen LogP) is 3.01. The first kappa shape index (κ1) is 15.8. The maximum absolute atomic E-state index is 12.0. The average Bonchev–Trinajstić information content (AvgIpc) is 2.34. The zero-order valence-electron chi connectivity index (χ0n) is 9.71. The van der Waals surface area contributed by atoms with Crippen LogP contribution in [0.1, 0.15) is 23.2 Å². The summed E-state index contributed by atoms with van der Waals surface area (Å²) in [5, 5.41) is 6.83. The van der Waals surface area contributed by atoms with Crippen LogP contribution in [0.2, 0.25) is 5.02 Å². The van der Waals surface area contributed by atoms with E-state index in [9.17, 15) is 4.79 Å². The zero-order valence-corrected chi connectivity index (χ0v) is 12.9. The number of halogens is 3. The molecule has 1 saturated heterocycles. The molecule has 1 heterocycles. The first-order chi connectivity index (χ1) is 8.16. The second-order valence-electron chi connectivity index (χ2n) is 4.15. The molecule has 0 aliphatic carbocycles. The molecule has 1 aliphatic rings. The third-order valence-electron chi connectivity index (χ3n) is 2.81. The van der Waals surface area contributed by atoms with Crippen LogP contribution in [0.3, 0.4) is 0 Å². The molecule has 1 aliphatic heterocycles. The molecule has 6 heteroatoms. The van der Waals surface area contributed by atoms with Crippen molar-refractivity contribution < 1.29 is 4.79 Å². The maximum atomic E-state index is 12.0. The summed E-state index contributed by atoms with van der Waals surface area (Å²) in [4.78, 5) is 12.0. The lowest BCUT2D eigenvalue weighted by Gasteiger charge is -2.23. The maximum Gasteiger partial charge on any atom is 0.251 e. The van der Waals surface area contributed by atoms with Crippen molar-refractivity contribution in [3.63, 3.8) is 0 Å². The SMILES string of the molecule is Cl.O=C(N[C@H]1CCCNC1)c1ccc(Br)c(Cl)c1. The van der Waals surface area contributed by atoms with E-state index in [0.717, 1.165) is 30.4 Å². The number of hydrogen-bond donors (Lipinski definition) is 2. The lowest BCUT2D eigenvalue weighted by Crippen LogP contribution is -2.45. The molecule has 0 aromatic heterocycles. The van der Waals surface area contributed by atoms with Crippen LogP contribution in [0.5, 0.6) is 0 Å². The van der Waals surface area contributed by atoms with Gasteiger partial charge >= 0.3 is 0 Å². The van der Waals surface area contributed by atoms with Crippen LogP contribution in [0.25, 0.3) is 0 Å². The predicted molar refractivity (Wildman–Crippen MR) is 79.8 cm³/mol. The van der Waals surface area contributed by atoms with Crippen LogP contribution in [-0.2, 0) is 0 Å². The van der Waals surface area contributed by atoms with Gasteiger partial charge in [-0.2, -0.15) is 0 Å². The van der Waals surface area contributed by atoms with Gasteiger partial charge in [0.25, 0.3) is 5.91 Å². The largest absolute Gasteiger partial charge is 0.348 e. The highest BCUT2D eigenvalue weighted by atomic mass is 79.9. The van der Waals surface area contributed by atoms with Gasteiger partial charge in [-0.15, -0.1) is 12.4 Å². The van der Waals surface area contributed by atoms with E-state index < -0.39 is 0 Å². The summed E-state index contributed by atoms with van der Waals surface area (Å²) >= 11 is 9.26. The molecule has 1 aromatic carbocycles. The first-order valence-electron chi connectivity index (χ1n) is 5.63. The number of carbonyl (C=O) groups is 1. The second-order valence-corrected chi connectivity index (χ2v) is 5.41. The van der Waals surface area contributed by atoms with Crippen molar-refractivity contribution in [3.05, 3.63) is 33.3 Å². The Morgan fingerprint density at radius 2 is 2.28 bits per heavy atom. The molecule has 1 fully saturated rings. The van der Waals surface area contributed by atoms with E-state index in [2.05, 4.69) is 26.6 Å². The van der Waals surface area contributed by atoms with Crippen LogP contribution in [-0.4, -0.2) is 25.0 Å². The number of piperidine rings is 1. The van der Waals surface area contributed by atoms with Crippen LogP contribution in [0.15, 0.2) is 22.7 Å². The monoisotopic (exact) mass is 352 g/mol. The van der Waals surface area contributed by atoms with Gasteiger partial charge in [0.2, 0.25) is 0 Å². The van der Waals surface area contributed by atoms with Gasteiger partial charge in [-0.25, -0.2) is 0 Å². The Hall–Kier alpha value is -0.290. The van der Waals surface area contributed by atoms with E-state index in [-0.39, 0.29) is 24.4 Å². The van der Waals surface area contributed by atoms with Crippen molar-refractivity contribution in [1.29, 1.82) is 0 Å². The van der Waals surface area contributed by atoms with E-state index in [0.29, 0.717) is 10.6 Å². The third-order valence-corrected chi connectivity index (χ3v) is 4.05. The van der Waals surface area contributed by atoms with Crippen LogP contribution >= 0.6 is 39.9 Å².